The topological polar surface area (TPSA) is 60.6 Å². The number of hydrogen-bond acceptors (Lipinski definition) is 3. The molecule has 0 saturated carbocycles. The van der Waals surface area contributed by atoms with Crippen LogP contribution in [0.4, 0.5) is 0 Å². The van der Waals surface area contributed by atoms with Gasteiger partial charge >= 0.3 is 0 Å². The Balaban J connectivity index is 1.75. The molecule has 24 heavy (non-hydrogen) atoms. The molecule has 5 nitrogen and oxygen atoms in total. The normalized spacial score (nSPS) is 29.7. The van der Waals surface area contributed by atoms with Crippen LogP contribution in [0.3, 0.4) is 0 Å². The zero-order chi connectivity index (χ0) is 17.5. The molecule has 2 saturated heterocycles. The lowest BCUT2D eigenvalue weighted by molar-refractivity contribution is -0.897. The minimum Gasteiger partial charge on any atom is -0.344 e. The number of carbonyl (C=O) groups is 1. The van der Waals surface area contributed by atoms with Crippen LogP contribution in [-0.2, 0) is 9.84 Å². The third-order valence-corrected chi connectivity index (χ3v) is 7.50. The fourth-order valence-electron chi connectivity index (χ4n) is 4.27. The number of hydrogen-bond donors (Lipinski definition) is 1. The summed E-state index contributed by atoms with van der Waals surface area (Å²) in [6.45, 7) is 8.92. The van der Waals surface area contributed by atoms with Crippen LogP contribution >= 0.6 is 0 Å². The number of likely N-dealkylation sites (tertiary alicyclic amines) is 1. The van der Waals surface area contributed by atoms with Gasteiger partial charge in [0.2, 0.25) is 5.78 Å². The van der Waals surface area contributed by atoms with Crippen molar-refractivity contribution in [3.05, 3.63) is 23.0 Å². The molecule has 1 atom stereocenters. The van der Waals surface area contributed by atoms with Crippen LogP contribution in [0.2, 0.25) is 0 Å². The molecule has 1 aromatic heterocycles. The van der Waals surface area contributed by atoms with Crippen LogP contribution in [0.5, 0.6) is 0 Å². The molecule has 1 N–H and O–H groups in total. The van der Waals surface area contributed by atoms with Crippen molar-refractivity contribution in [3.63, 3.8) is 0 Å². The zero-order valence-electron chi connectivity index (χ0n) is 15.0. The summed E-state index contributed by atoms with van der Waals surface area (Å²) in [4.78, 5) is 14.2. The Hall–Kier alpha value is -1.14. The summed E-state index contributed by atoms with van der Waals surface area (Å²) in [5.41, 5.74) is 2.72. The number of nitrogens with zero attached hydrogens (tertiary/aromatic N) is 1. The molecule has 0 amide bonds. The number of ketones is 1. The Bertz CT molecular complexity index is 728. The van der Waals surface area contributed by atoms with Gasteiger partial charge in [-0.05, 0) is 45.1 Å². The average Bonchev–Trinajstić information content (AvgIpc) is 3.00. The molecule has 2 aliphatic heterocycles. The highest BCUT2D eigenvalue weighted by atomic mass is 32.2. The summed E-state index contributed by atoms with van der Waals surface area (Å²) in [5, 5.41) is 0. The monoisotopic (exact) mass is 353 g/mol. The quantitative estimate of drug-likeness (QED) is 0.821. The predicted molar refractivity (Wildman–Crippen MR) is 94.5 cm³/mol. The molecule has 0 radical (unpaired) electrons. The molecule has 134 valence electrons. The standard InChI is InChI=1S/C18H28N2O3S/c1-13-4-7-19(8-5-13)11-18(21)17-10-14(2)20(15(17)3)16-6-9-24(22,23)12-16/h10,13,16H,4-9,11-12H2,1-3H3/p+1/t16-/m1/s1. The molecule has 1 aromatic rings. The minimum atomic E-state index is -2.93. The van der Waals surface area contributed by atoms with Crippen LogP contribution in [0.15, 0.2) is 6.07 Å². The van der Waals surface area contributed by atoms with E-state index in [0.29, 0.717) is 13.0 Å². The molecule has 2 fully saturated rings. The fourth-order valence-corrected chi connectivity index (χ4v) is 5.97. The first kappa shape index (κ1) is 17.7. The van der Waals surface area contributed by atoms with E-state index in [2.05, 4.69) is 11.5 Å². The van der Waals surface area contributed by atoms with Crippen molar-refractivity contribution in [1.82, 2.24) is 4.57 Å². The fraction of sp³-hybridized carbons (Fsp3) is 0.722. The van der Waals surface area contributed by atoms with E-state index in [1.807, 2.05) is 19.9 Å². The second-order valence-electron chi connectivity index (χ2n) is 7.74. The number of Topliss-reactive ketones (excluding diaryl/α,β-unsaturated/α-hetero) is 1. The molecule has 2 aliphatic rings. The van der Waals surface area contributed by atoms with Gasteiger partial charge in [-0.1, -0.05) is 6.92 Å². The van der Waals surface area contributed by atoms with E-state index in [1.54, 1.807) is 0 Å². The lowest BCUT2D eigenvalue weighted by atomic mass is 9.99. The molecule has 3 rings (SSSR count). The van der Waals surface area contributed by atoms with Crippen LogP contribution in [0.1, 0.15) is 54.0 Å². The Morgan fingerprint density at radius 1 is 1.25 bits per heavy atom. The van der Waals surface area contributed by atoms with E-state index in [1.165, 1.54) is 17.7 Å². The number of aromatic nitrogens is 1. The van der Waals surface area contributed by atoms with Gasteiger partial charge in [0.05, 0.1) is 24.6 Å². The SMILES string of the molecule is Cc1cc(C(=O)C[NH+]2CCC(C)CC2)c(C)n1[C@@H]1CCS(=O)(=O)C1. The number of quaternary nitrogens is 1. The van der Waals surface area contributed by atoms with Gasteiger partial charge in [-0.25, -0.2) is 8.42 Å². The second-order valence-corrected chi connectivity index (χ2v) is 9.97. The van der Waals surface area contributed by atoms with Gasteiger partial charge in [0.15, 0.2) is 9.84 Å². The molecular formula is C18H29N2O3S+. The van der Waals surface area contributed by atoms with Gasteiger partial charge in [-0.3, -0.25) is 4.79 Å². The molecule has 0 spiro atoms. The maximum absolute atomic E-state index is 12.8. The van der Waals surface area contributed by atoms with Gasteiger partial charge in [0.1, 0.15) is 6.54 Å². The molecule has 0 aromatic carbocycles. The summed E-state index contributed by atoms with van der Waals surface area (Å²) in [6, 6.07) is 1.94. The molecular weight excluding hydrogens is 324 g/mol. The second kappa shape index (κ2) is 6.64. The summed E-state index contributed by atoms with van der Waals surface area (Å²) in [5.74, 6) is 1.43. The van der Waals surface area contributed by atoms with Gasteiger partial charge in [-0.15, -0.1) is 0 Å². The lowest BCUT2D eigenvalue weighted by Gasteiger charge is -2.26. The first-order valence-corrected chi connectivity index (χ1v) is 10.8. The number of aryl methyl sites for hydroxylation is 1. The first-order valence-electron chi connectivity index (χ1n) is 9.02. The summed E-state index contributed by atoms with van der Waals surface area (Å²) >= 11 is 0. The third kappa shape index (κ3) is 3.59. The van der Waals surface area contributed by atoms with E-state index in [0.717, 1.165) is 36.0 Å². The molecule has 6 heteroatoms. The van der Waals surface area contributed by atoms with Crippen molar-refractivity contribution in [2.75, 3.05) is 31.1 Å². The lowest BCUT2D eigenvalue weighted by Crippen LogP contribution is -3.13. The van der Waals surface area contributed by atoms with Crippen molar-refractivity contribution in [1.29, 1.82) is 0 Å². The first-order chi connectivity index (χ1) is 11.3. The number of piperidine rings is 1. The molecule has 0 bridgehead atoms. The van der Waals surface area contributed by atoms with Crippen molar-refractivity contribution in [2.24, 2.45) is 5.92 Å². The maximum atomic E-state index is 12.8. The van der Waals surface area contributed by atoms with Crippen LogP contribution in [0.25, 0.3) is 0 Å². The number of nitrogens with one attached hydrogen (secondary N) is 1. The number of carbonyl (C=O) groups excluding carboxylic acids is 1. The van der Waals surface area contributed by atoms with E-state index < -0.39 is 9.84 Å². The Morgan fingerprint density at radius 2 is 1.92 bits per heavy atom. The Kier molecular flexibility index (Phi) is 4.89. The molecule has 0 aliphatic carbocycles. The average molecular weight is 354 g/mol. The predicted octanol–water partition coefficient (Wildman–Crippen LogP) is 0.962. The van der Waals surface area contributed by atoms with E-state index >= 15 is 0 Å². The third-order valence-electron chi connectivity index (χ3n) is 5.75. The molecule has 0 unspecified atom stereocenters. The van der Waals surface area contributed by atoms with Crippen molar-refractivity contribution in [3.8, 4) is 0 Å². The van der Waals surface area contributed by atoms with E-state index in [4.69, 9.17) is 0 Å². The van der Waals surface area contributed by atoms with E-state index in [-0.39, 0.29) is 23.3 Å². The van der Waals surface area contributed by atoms with Gasteiger partial charge in [0, 0.05) is 23.0 Å². The largest absolute Gasteiger partial charge is 0.344 e. The van der Waals surface area contributed by atoms with Crippen molar-refractivity contribution >= 4 is 15.6 Å². The highest BCUT2D eigenvalue weighted by Crippen LogP contribution is 2.29. The van der Waals surface area contributed by atoms with Crippen LogP contribution < -0.4 is 4.90 Å². The smallest absolute Gasteiger partial charge is 0.218 e. The minimum absolute atomic E-state index is 0.0141. The summed E-state index contributed by atoms with van der Waals surface area (Å²) < 4.78 is 25.6. The van der Waals surface area contributed by atoms with E-state index in [9.17, 15) is 13.2 Å². The maximum Gasteiger partial charge on any atom is 0.218 e. The summed E-state index contributed by atoms with van der Waals surface area (Å²) in [7, 11) is -2.93. The van der Waals surface area contributed by atoms with Gasteiger partial charge in [0.25, 0.3) is 0 Å². The van der Waals surface area contributed by atoms with Crippen LogP contribution in [0, 0.1) is 19.8 Å². The van der Waals surface area contributed by atoms with Crippen molar-refractivity contribution in [2.45, 2.75) is 46.1 Å². The Morgan fingerprint density at radius 3 is 2.50 bits per heavy atom. The molecule has 3 heterocycles. The highest BCUT2D eigenvalue weighted by Gasteiger charge is 2.32. The highest BCUT2D eigenvalue weighted by molar-refractivity contribution is 7.91. The number of sulfone groups is 1. The van der Waals surface area contributed by atoms with Crippen molar-refractivity contribution < 1.29 is 18.1 Å². The van der Waals surface area contributed by atoms with Crippen LogP contribution in [-0.4, -0.2) is 49.9 Å². The zero-order valence-corrected chi connectivity index (χ0v) is 15.8. The summed E-state index contributed by atoms with van der Waals surface area (Å²) in [6.07, 6.45) is 3.05. The van der Waals surface area contributed by atoms with Gasteiger partial charge < -0.3 is 9.47 Å². The Labute approximate surface area is 144 Å². The van der Waals surface area contributed by atoms with Gasteiger partial charge in [-0.2, -0.15) is 0 Å². The number of rotatable bonds is 4.